The first kappa shape index (κ1) is 25.3. The summed E-state index contributed by atoms with van der Waals surface area (Å²) in [6, 6.07) is 21.6. The molecule has 0 amide bonds. The number of ether oxygens (including phenoxy) is 1. The molecule has 0 aromatic heterocycles. The van der Waals surface area contributed by atoms with Crippen LogP contribution in [0.4, 0.5) is 8.78 Å². The summed E-state index contributed by atoms with van der Waals surface area (Å²) in [7, 11) is 0. The second-order valence-electron chi connectivity index (χ2n) is 8.89. The number of nitrogens with zero attached hydrogens (tertiary/aromatic N) is 1. The molecule has 4 rings (SSSR count). The SMILES string of the molecule is O=C(O)C=CC(=O)OC(c1cccc(F)c1)(c1cccc(F)c1)C1CCN(Cc2ccccc2)CC1. The Bertz CT molecular complexity index is 1190. The molecule has 1 fully saturated rings. The summed E-state index contributed by atoms with van der Waals surface area (Å²) >= 11 is 0. The zero-order chi connectivity index (χ0) is 25.5. The maximum absolute atomic E-state index is 14.4. The topological polar surface area (TPSA) is 66.8 Å². The van der Waals surface area contributed by atoms with Gasteiger partial charge in [0.05, 0.1) is 0 Å². The van der Waals surface area contributed by atoms with Crippen molar-refractivity contribution in [1.82, 2.24) is 4.90 Å². The molecule has 5 nitrogen and oxygen atoms in total. The Hall–Kier alpha value is -3.84. The number of carboxylic acids is 1. The first-order chi connectivity index (χ1) is 17.4. The van der Waals surface area contributed by atoms with Gasteiger partial charge in [-0.3, -0.25) is 4.90 Å². The van der Waals surface area contributed by atoms with Crippen LogP contribution >= 0.6 is 0 Å². The average molecular weight is 492 g/mol. The molecular formula is C29H27F2NO4. The van der Waals surface area contributed by atoms with Crippen molar-refractivity contribution < 1.29 is 28.2 Å². The van der Waals surface area contributed by atoms with E-state index in [1.807, 2.05) is 18.2 Å². The van der Waals surface area contributed by atoms with E-state index in [4.69, 9.17) is 9.84 Å². The van der Waals surface area contributed by atoms with Gasteiger partial charge in [0.2, 0.25) is 0 Å². The van der Waals surface area contributed by atoms with Crippen molar-refractivity contribution in [2.45, 2.75) is 25.0 Å². The molecule has 0 radical (unpaired) electrons. The van der Waals surface area contributed by atoms with Crippen molar-refractivity contribution in [3.63, 3.8) is 0 Å². The van der Waals surface area contributed by atoms with Gasteiger partial charge in [-0.15, -0.1) is 0 Å². The molecule has 3 aromatic carbocycles. The molecule has 0 saturated carbocycles. The number of halogens is 2. The molecule has 1 aliphatic heterocycles. The van der Waals surface area contributed by atoms with E-state index in [0.29, 0.717) is 43.1 Å². The van der Waals surface area contributed by atoms with Gasteiger partial charge in [0, 0.05) is 35.7 Å². The molecule has 186 valence electrons. The third-order valence-corrected chi connectivity index (χ3v) is 6.54. The smallest absolute Gasteiger partial charge is 0.332 e. The minimum Gasteiger partial charge on any atom is -0.478 e. The molecular weight excluding hydrogens is 464 g/mol. The number of hydrogen-bond donors (Lipinski definition) is 1. The number of likely N-dealkylation sites (tertiary alicyclic amines) is 1. The van der Waals surface area contributed by atoms with Crippen molar-refractivity contribution >= 4 is 11.9 Å². The van der Waals surface area contributed by atoms with E-state index in [0.717, 1.165) is 12.6 Å². The zero-order valence-electron chi connectivity index (χ0n) is 19.6. The number of hydrogen-bond acceptors (Lipinski definition) is 4. The van der Waals surface area contributed by atoms with Crippen LogP contribution in [-0.2, 0) is 26.5 Å². The number of aliphatic carboxylic acids is 1. The highest BCUT2D eigenvalue weighted by Crippen LogP contribution is 2.46. The fourth-order valence-electron chi connectivity index (χ4n) is 4.95. The van der Waals surface area contributed by atoms with Crippen molar-refractivity contribution in [1.29, 1.82) is 0 Å². The second kappa shape index (κ2) is 11.3. The van der Waals surface area contributed by atoms with Crippen LogP contribution in [0.25, 0.3) is 0 Å². The minimum atomic E-state index is -1.51. The van der Waals surface area contributed by atoms with E-state index in [1.54, 1.807) is 12.1 Å². The monoisotopic (exact) mass is 491 g/mol. The predicted octanol–water partition coefficient (Wildman–Crippen LogP) is 5.30. The van der Waals surface area contributed by atoms with E-state index in [-0.39, 0.29) is 5.92 Å². The number of carbonyl (C=O) groups excluding carboxylic acids is 1. The highest BCUT2D eigenvalue weighted by molar-refractivity contribution is 5.91. The van der Waals surface area contributed by atoms with Gasteiger partial charge < -0.3 is 9.84 Å². The maximum atomic E-state index is 14.4. The van der Waals surface area contributed by atoms with Crippen molar-refractivity contribution in [3.8, 4) is 0 Å². The van der Waals surface area contributed by atoms with Gasteiger partial charge in [-0.1, -0.05) is 54.6 Å². The zero-order valence-corrected chi connectivity index (χ0v) is 19.6. The van der Waals surface area contributed by atoms with Crippen molar-refractivity contribution in [2.24, 2.45) is 5.92 Å². The fourth-order valence-corrected chi connectivity index (χ4v) is 4.95. The molecule has 0 spiro atoms. The molecule has 1 heterocycles. The minimum absolute atomic E-state index is 0.310. The highest BCUT2D eigenvalue weighted by atomic mass is 19.1. The summed E-state index contributed by atoms with van der Waals surface area (Å²) < 4.78 is 34.9. The van der Waals surface area contributed by atoms with E-state index < -0.39 is 29.2 Å². The summed E-state index contributed by atoms with van der Waals surface area (Å²) in [6.07, 6.45) is 2.69. The summed E-state index contributed by atoms with van der Waals surface area (Å²) in [5, 5.41) is 8.97. The Morgan fingerprint density at radius 1 is 0.889 bits per heavy atom. The molecule has 3 aromatic rings. The Kier molecular flexibility index (Phi) is 7.90. The number of piperidine rings is 1. The summed E-state index contributed by atoms with van der Waals surface area (Å²) in [6.45, 7) is 2.14. The Labute approximate surface area is 208 Å². The number of carboxylic acid groups (broad SMARTS) is 1. The Balaban J connectivity index is 1.73. The summed E-state index contributed by atoms with van der Waals surface area (Å²) in [4.78, 5) is 26.1. The first-order valence-corrected chi connectivity index (χ1v) is 11.8. The second-order valence-corrected chi connectivity index (χ2v) is 8.89. The van der Waals surface area contributed by atoms with Crippen LogP contribution in [0, 0.1) is 17.6 Å². The fraction of sp³-hybridized carbons (Fsp3) is 0.241. The normalized spacial score (nSPS) is 15.2. The lowest BCUT2D eigenvalue weighted by molar-refractivity contribution is -0.158. The molecule has 0 aliphatic carbocycles. The van der Waals surface area contributed by atoms with E-state index in [1.165, 1.54) is 42.0 Å². The lowest BCUT2D eigenvalue weighted by Crippen LogP contribution is -2.46. The van der Waals surface area contributed by atoms with Crippen LogP contribution in [0.3, 0.4) is 0 Å². The predicted molar refractivity (Wildman–Crippen MR) is 131 cm³/mol. The largest absolute Gasteiger partial charge is 0.478 e. The van der Waals surface area contributed by atoms with Gasteiger partial charge in [0.15, 0.2) is 5.60 Å². The van der Waals surface area contributed by atoms with Gasteiger partial charge in [-0.25, -0.2) is 18.4 Å². The number of esters is 1. The number of benzene rings is 3. The van der Waals surface area contributed by atoms with Gasteiger partial charge in [-0.05, 0) is 55.8 Å². The lowest BCUT2D eigenvalue weighted by atomic mass is 9.71. The van der Waals surface area contributed by atoms with Crippen LogP contribution in [0.2, 0.25) is 0 Å². The van der Waals surface area contributed by atoms with Crippen LogP contribution in [0.15, 0.2) is 91.0 Å². The van der Waals surface area contributed by atoms with E-state index in [2.05, 4.69) is 17.0 Å². The van der Waals surface area contributed by atoms with E-state index in [9.17, 15) is 18.4 Å². The van der Waals surface area contributed by atoms with Crippen molar-refractivity contribution in [3.05, 3.63) is 119 Å². The van der Waals surface area contributed by atoms with Gasteiger partial charge in [-0.2, -0.15) is 0 Å². The molecule has 0 bridgehead atoms. The molecule has 1 N–H and O–H groups in total. The van der Waals surface area contributed by atoms with Crippen LogP contribution in [0.1, 0.15) is 29.5 Å². The Morgan fingerprint density at radius 3 is 2.00 bits per heavy atom. The third kappa shape index (κ3) is 5.86. The number of carbonyl (C=O) groups is 2. The standard InChI is InChI=1S/C29H27F2NO4/c30-25-10-4-8-23(18-25)29(24-9-5-11-26(31)19-24,36-28(35)13-12-27(33)34)22-14-16-32(17-15-22)20-21-6-2-1-3-7-21/h1-13,18-19,22H,14-17,20H2,(H,33,34). The third-order valence-electron chi connectivity index (χ3n) is 6.54. The summed E-state index contributed by atoms with van der Waals surface area (Å²) in [5.41, 5.74) is 0.407. The summed E-state index contributed by atoms with van der Waals surface area (Å²) in [5.74, 6) is -3.56. The molecule has 7 heteroatoms. The van der Waals surface area contributed by atoms with Gasteiger partial charge in [0.1, 0.15) is 11.6 Å². The quantitative estimate of drug-likeness (QED) is 0.342. The average Bonchev–Trinajstić information content (AvgIpc) is 2.87. The van der Waals surface area contributed by atoms with Crippen LogP contribution in [0.5, 0.6) is 0 Å². The van der Waals surface area contributed by atoms with E-state index >= 15 is 0 Å². The maximum Gasteiger partial charge on any atom is 0.332 e. The van der Waals surface area contributed by atoms with Crippen LogP contribution in [-0.4, -0.2) is 35.0 Å². The molecule has 1 saturated heterocycles. The van der Waals surface area contributed by atoms with Crippen molar-refractivity contribution in [2.75, 3.05) is 13.1 Å². The molecule has 36 heavy (non-hydrogen) atoms. The van der Waals surface area contributed by atoms with Gasteiger partial charge in [0.25, 0.3) is 0 Å². The molecule has 0 unspecified atom stereocenters. The number of rotatable bonds is 8. The van der Waals surface area contributed by atoms with Gasteiger partial charge >= 0.3 is 11.9 Å². The molecule has 1 aliphatic rings. The lowest BCUT2D eigenvalue weighted by Gasteiger charge is -2.44. The Morgan fingerprint density at radius 2 is 1.47 bits per heavy atom. The first-order valence-electron chi connectivity index (χ1n) is 11.8. The molecule has 0 atom stereocenters. The van der Waals surface area contributed by atoms with Crippen LogP contribution < -0.4 is 0 Å². The highest BCUT2D eigenvalue weighted by Gasteiger charge is 2.47.